The number of rotatable bonds is 15. The molecule has 3 aliphatic rings. The molecule has 0 spiro atoms. The molecule has 2 bridgehead atoms. The molecule has 57 heavy (non-hydrogen) atoms. The molecule has 308 valence electrons. The van der Waals surface area contributed by atoms with Crippen molar-refractivity contribution in [2.75, 3.05) is 31.6 Å². The highest BCUT2D eigenvalue weighted by molar-refractivity contribution is 6.76. The summed E-state index contributed by atoms with van der Waals surface area (Å²) >= 11 is 0. The zero-order valence-electron chi connectivity index (χ0n) is 35.7. The van der Waals surface area contributed by atoms with Crippen molar-refractivity contribution in [2.45, 2.75) is 140 Å². The number of carbonyl (C=O) groups excluding carboxylic acids is 1. The van der Waals surface area contributed by atoms with Crippen molar-refractivity contribution in [3.63, 3.8) is 0 Å². The Bertz CT molecular complexity index is 1980. The van der Waals surface area contributed by atoms with E-state index in [1.54, 1.807) is 0 Å². The zero-order chi connectivity index (χ0) is 40.8. The summed E-state index contributed by atoms with van der Waals surface area (Å²) in [6.07, 6.45) is 8.17. The van der Waals surface area contributed by atoms with Gasteiger partial charge in [0.15, 0.2) is 5.65 Å². The molecule has 13 heteroatoms. The first kappa shape index (κ1) is 41.5. The molecule has 1 unspecified atom stereocenters. The van der Waals surface area contributed by atoms with Gasteiger partial charge >= 0.3 is 6.09 Å². The number of nitrogens with zero attached hydrogens (tertiary/aromatic N) is 6. The van der Waals surface area contributed by atoms with Gasteiger partial charge in [0.05, 0.1) is 23.2 Å². The lowest BCUT2D eigenvalue weighted by Gasteiger charge is -2.40. The molecule has 2 aliphatic heterocycles. The Kier molecular flexibility index (Phi) is 11.8. The molecule has 0 radical (unpaired) electrons. The molecule has 11 nitrogen and oxygen atoms in total. The van der Waals surface area contributed by atoms with Crippen LogP contribution in [0.4, 0.5) is 10.6 Å². The molecule has 1 saturated carbocycles. The molecule has 2 saturated heterocycles. The lowest BCUT2D eigenvalue weighted by Crippen LogP contribution is -2.48. The second-order valence-corrected chi connectivity index (χ2v) is 31.2. The maximum atomic E-state index is 13.5. The van der Waals surface area contributed by atoms with Crippen LogP contribution in [0.15, 0.2) is 54.9 Å². The van der Waals surface area contributed by atoms with E-state index in [-0.39, 0.29) is 24.1 Å². The predicted molar refractivity (Wildman–Crippen MR) is 232 cm³/mol. The van der Waals surface area contributed by atoms with Crippen molar-refractivity contribution < 1.29 is 24.1 Å². The van der Waals surface area contributed by atoms with E-state index in [1.807, 2.05) is 66.8 Å². The number of ether oxygens (including phenoxy) is 3. The van der Waals surface area contributed by atoms with Gasteiger partial charge in [0.1, 0.15) is 24.9 Å². The summed E-state index contributed by atoms with van der Waals surface area (Å²) in [4.78, 5) is 28.0. The van der Waals surface area contributed by atoms with E-state index in [1.165, 1.54) is 0 Å². The highest BCUT2D eigenvalue weighted by atomic mass is 28.3. The third-order valence-corrected chi connectivity index (χ3v) is 14.9. The maximum absolute atomic E-state index is 13.5. The number of amides is 1. The number of benzene rings is 1. The summed E-state index contributed by atoms with van der Waals surface area (Å²) in [5, 5.41) is 17.4. The van der Waals surface area contributed by atoms with Gasteiger partial charge in [0.25, 0.3) is 0 Å². The van der Waals surface area contributed by atoms with Crippen molar-refractivity contribution in [1.82, 2.24) is 24.5 Å². The summed E-state index contributed by atoms with van der Waals surface area (Å²) in [5.74, 6) is 0.798. The van der Waals surface area contributed by atoms with Crippen LogP contribution in [0.3, 0.4) is 0 Å². The SMILES string of the molecule is CC(C)(C)OC(=O)N1[C@@H]2CC[C@H]1CC(c1nc3c(-c4ccc(-c5ccccc5)nc4)cnn3c(N(COCC[Si](C)(C)C)COCC[Si](C)(C)C)c1C1(O)CC1)C2. The summed E-state index contributed by atoms with van der Waals surface area (Å²) < 4.78 is 20.8. The number of anilines is 1. The lowest BCUT2D eigenvalue weighted by molar-refractivity contribution is 0.00549. The van der Waals surface area contributed by atoms with Crippen molar-refractivity contribution in [3.05, 3.63) is 66.1 Å². The number of aliphatic hydroxyl groups is 1. The third kappa shape index (κ3) is 9.81. The first-order valence-corrected chi connectivity index (χ1v) is 28.4. The van der Waals surface area contributed by atoms with Gasteiger partial charge in [-0.3, -0.25) is 4.98 Å². The standard InChI is InChI=1S/C44H64N6O5Si2/c1-43(2,3)55-42(51)49-34-16-17-35(49)26-33(25-34)39-38(44(52)19-20-44)41(48(29-53-21-23-56(4,5)6)30-54-22-24-57(7,8)9)50-40(47-39)36(28-46-50)32-15-18-37(45-27-32)31-13-11-10-12-14-31/h10-15,18,27-28,33-35,52H,16-17,19-26,29-30H2,1-9H3/t33?,34-,35+. The Balaban J connectivity index is 1.33. The minimum absolute atomic E-state index is 0.0216. The van der Waals surface area contributed by atoms with E-state index in [0.29, 0.717) is 45.2 Å². The maximum Gasteiger partial charge on any atom is 0.410 e. The molecule has 3 aromatic heterocycles. The first-order chi connectivity index (χ1) is 26.9. The molecule has 1 aromatic carbocycles. The van der Waals surface area contributed by atoms with Gasteiger partial charge < -0.3 is 29.1 Å². The normalized spacial score (nSPS) is 20.6. The van der Waals surface area contributed by atoms with Crippen molar-refractivity contribution in [3.8, 4) is 22.4 Å². The van der Waals surface area contributed by atoms with Gasteiger partial charge in [-0.2, -0.15) is 9.61 Å². The molecule has 3 fully saturated rings. The molecule has 1 amide bonds. The number of carbonyl (C=O) groups is 1. The van der Waals surface area contributed by atoms with Crippen molar-refractivity contribution in [2.24, 2.45) is 0 Å². The first-order valence-electron chi connectivity index (χ1n) is 21.0. The number of fused-ring (bicyclic) bond motifs is 3. The fourth-order valence-electron chi connectivity index (χ4n) is 8.21. The van der Waals surface area contributed by atoms with Gasteiger partial charge in [0, 0.05) is 75.8 Å². The molecule has 7 rings (SSSR count). The summed E-state index contributed by atoms with van der Waals surface area (Å²) in [6, 6.07) is 16.5. The smallest absolute Gasteiger partial charge is 0.410 e. The average molecular weight is 813 g/mol. The third-order valence-electron chi connectivity index (χ3n) is 11.5. The molecule has 1 aliphatic carbocycles. The second kappa shape index (κ2) is 16.2. The molecule has 5 heterocycles. The Hall–Kier alpha value is -3.63. The van der Waals surface area contributed by atoms with Gasteiger partial charge in [-0.05, 0) is 77.5 Å². The highest BCUT2D eigenvalue weighted by Gasteiger charge is 2.52. The Labute approximate surface area is 341 Å². The van der Waals surface area contributed by atoms with Crippen LogP contribution in [-0.2, 0) is 19.8 Å². The number of hydrogen-bond donors (Lipinski definition) is 1. The van der Waals surface area contributed by atoms with Crippen molar-refractivity contribution in [1.29, 1.82) is 0 Å². The lowest BCUT2D eigenvalue weighted by atomic mass is 9.84. The largest absolute Gasteiger partial charge is 0.444 e. The van der Waals surface area contributed by atoms with Crippen LogP contribution in [0.25, 0.3) is 28.0 Å². The van der Waals surface area contributed by atoms with Crippen LogP contribution >= 0.6 is 0 Å². The van der Waals surface area contributed by atoms with Gasteiger partial charge in [-0.25, -0.2) is 9.78 Å². The Morgan fingerprint density at radius 1 is 0.877 bits per heavy atom. The van der Waals surface area contributed by atoms with Crippen LogP contribution in [0.1, 0.15) is 76.5 Å². The van der Waals surface area contributed by atoms with Gasteiger partial charge in [-0.15, -0.1) is 0 Å². The van der Waals surface area contributed by atoms with E-state index in [0.717, 1.165) is 77.2 Å². The fourth-order valence-corrected chi connectivity index (χ4v) is 9.73. The minimum atomic E-state index is -1.34. The van der Waals surface area contributed by atoms with E-state index < -0.39 is 27.3 Å². The second-order valence-electron chi connectivity index (χ2n) is 20.0. The minimum Gasteiger partial charge on any atom is -0.444 e. The van der Waals surface area contributed by atoms with E-state index in [2.05, 4.69) is 62.4 Å². The van der Waals surface area contributed by atoms with Gasteiger partial charge in [-0.1, -0.05) is 75.7 Å². The molecular weight excluding hydrogens is 749 g/mol. The molecule has 1 N–H and O–H groups in total. The van der Waals surface area contributed by atoms with E-state index in [4.69, 9.17) is 29.3 Å². The Morgan fingerprint density at radius 3 is 2.02 bits per heavy atom. The summed E-state index contributed by atoms with van der Waals surface area (Å²) in [5.41, 5.74) is 4.53. The van der Waals surface area contributed by atoms with Crippen molar-refractivity contribution >= 4 is 33.7 Å². The predicted octanol–water partition coefficient (Wildman–Crippen LogP) is 9.52. The average Bonchev–Trinajstić information content (AvgIpc) is 3.64. The summed E-state index contributed by atoms with van der Waals surface area (Å²) in [6.45, 7) is 21.8. The van der Waals surface area contributed by atoms with Crippen LogP contribution in [0.2, 0.25) is 51.4 Å². The van der Waals surface area contributed by atoms with E-state index in [9.17, 15) is 9.90 Å². The van der Waals surface area contributed by atoms with Crippen LogP contribution in [-0.4, -0.2) is 96.2 Å². The van der Waals surface area contributed by atoms with Crippen LogP contribution in [0.5, 0.6) is 0 Å². The van der Waals surface area contributed by atoms with Crippen LogP contribution < -0.4 is 4.90 Å². The number of piperidine rings is 1. The quantitative estimate of drug-likeness (QED) is 0.0712. The molecular formula is C44H64N6O5Si2. The Morgan fingerprint density at radius 2 is 1.49 bits per heavy atom. The fraction of sp³-hybridized carbons (Fsp3) is 0.591. The topological polar surface area (TPSA) is 115 Å². The van der Waals surface area contributed by atoms with Gasteiger partial charge in [0.2, 0.25) is 0 Å². The number of hydrogen-bond acceptors (Lipinski definition) is 9. The van der Waals surface area contributed by atoms with Crippen LogP contribution in [0, 0.1) is 0 Å². The highest BCUT2D eigenvalue weighted by Crippen LogP contribution is 2.54. The van der Waals surface area contributed by atoms with E-state index >= 15 is 0 Å². The molecule has 4 aromatic rings. The number of aromatic nitrogens is 4. The monoisotopic (exact) mass is 812 g/mol. The molecule has 3 atom stereocenters. The number of pyridine rings is 1. The summed E-state index contributed by atoms with van der Waals surface area (Å²) in [7, 11) is -2.68. The zero-order valence-corrected chi connectivity index (χ0v) is 37.7.